The molecule has 1 saturated carbocycles. The van der Waals surface area contributed by atoms with E-state index in [0.29, 0.717) is 18.9 Å². The summed E-state index contributed by atoms with van der Waals surface area (Å²) in [4.78, 5) is 15.8. The third-order valence-corrected chi connectivity index (χ3v) is 6.18. The van der Waals surface area contributed by atoms with Crippen molar-refractivity contribution in [3.05, 3.63) is 29.5 Å². The van der Waals surface area contributed by atoms with Crippen LogP contribution >= 0.6 is 0 Å². The van der Waals surface area contributed by atoms with Gasteiger partial charge < -0.3 is 24.9 Å². The summed E-state index contributed by atoms with van der Waals surface area (Å²) >= 11 is 0. The Morgan fingerprint density at radius 2 is 2.21 bits per heavy atom. The van der Waals surface area contributed by atoms with Crippen LogP contribution in [0.5, 0.6) is 5.75 Å². The summed E-state index contributed by atoms with van der Waals surface area (Å²) in [5, 5.41) is 13.7. The van der Waals surface area contributed by atoms with Crippen molar-refractivity contribution in [1.82, 2.24) is 10.3 Å². The first-order valence-corrected chi connectivity index (χ1v) is 10.4. The molecule has 152 valence electrons. The monoisotopic (exact) mass is 386 g/mol. The number of nitrogens with one attached hydrogen (secondary N) is 2. The van der Waals surface area contributed by atoms with E-state index < -0.39 is 0 Å². The number of hydrogen-bond acceptors (Lipinski definition) is 4. The zero-order valence-corrected chi connectivity index (χ0v) is 16.5. The number of aromatic nitrogens is 1. The number of rotatable bonds is 6. The molecule has 1 saturated heterocycles. The van der Waals surface area contributed by atoms with Crippen molar-refractivity contribution in [3.63, 3.8) is 0 Å². The van der Waals surface area contributed by atoms with E-state index in [-0.39, 0.29) is 24.7 Å². The number of aliphatic hydroxyl groups is 1. The van der Waals surface area contributed by atoms with Gasteiger partial charge in [-0.2, -0.15) is 0 Å². The number of aliphatic hydroxyl groups excluding tert-OH is 1. The lowest BCUT2D eigenvalue weighted by Gasteiger charge is -2.30. The van der Waals surface area contributed by atoms with Gasteiger partial charge in [0.2, 0.25) is 5.91 Å². The summed E-state index contributed by atoms with van der Waals surface area (Å²) in [5.74, 6) is 1.28. The predicted octanol–water partition coefficient (Wildman–Crippen LogP) is 3.03. The van der Waals surface area contributed by atoms with E-state index in [0.717, 1.165) is 55.4 Å². The molecule has 1 aromatic carbocycles. The van der Waals surface area contributed by atoms with Gasteiger partial charge in [-0.25, -0.2) is 0 Å². The van der Waals surface area contributed by atoms with Crippen LogP contribution in [-0.4, -0.2) is 48.5 Å². The fraction of sp³-hybridized carbons (Fsp3) is 0.591. The van der Waals surface area contributed by atoms with E-state index in [1.807, 2.05) is 0 Å². The number of aromatic amines is 1. The first-order chi connectivity index (χ1) is 13.7. The van der Waals surface area contributed by atoms with E-state index in [2.05, 4.69) is 28.6 Å². The van der Waals surface area contributed by atoms with Crippen LogP contribution in [0.3, 0.4) is 0 Å². The zero-order valence-electron chi connectivity index (χ0n) is 16.5. The number of amides is 1. The zero-order chi connectivity index (χ0) is 19.5. The van der Waals surface area contributed by atoms with Gasteiger partial charge in [0.25, 0.3) is 0 Å². The Bertz CT molecular complexity index is 825. The van der Waals surface area contributed by atoms with Gasteiger partial charge in [0.15, 0.2) is 0 Å². The lowest BCUT2D eigenvalue weighted by atomic mass is 9.81. The lowest BCUT2D eigenvalue weighted by Crippen LogP contribution is -2.43. The smallest absolute Gasteiger partial charge is 0.249 e. The van der Waals surface area contributed by atoms with Crippen molar-refractivity contribution in [2.24, 2.45) is 0 Å². The number of benzene rings is 1. The van der Waals surface area contributed by atoms with Crippen molar-refractivity contribution in [1.29, 1.82) is 0 Å². The van der Waals surface area contributed by atoms with Gasteiger partial charge in [-0.3, -0.25) is 4.79 Å². The number of carbonyl (C=O) groups is 1. The van der Waals surface area contributed by atoms with E-state index in [1.165, 1.54) is 10.9 Å². The van der Waals surface area contributed by atoms with Gasteiger partial charge in [-0.1, -0.05) is 6.42 Å². The number of fused-ring (bicyclic) bond motifs is 1. The Hall–Kier alpha value is -2.05. The third-order valence-electron chi connectivity index (χ3n) is 6.18. The van der Waals surface area contributed by atoms with Crippen LogP contribution in [0.2, 0.25) is 0 Å². The number of hydrogen-bond donors (Lipinski definition) is 3. The molecule has 2 aliphatic rings. The second kappa shape index (κ2) is 8.53. The maximum absolute atomic E-state index is 12.4. The maximum Gasteiger partial charge on any atom is 0.249 e. The quantitative estimate of drug-likeness (QED) is 0.713. The molecule has 6 heteroatoms. The Morgan fingerprint density at radius 3 is 2.96 bits per heavy atom. The summed E-state index contributed by atoms with van der Waals surface area (Å²) in [7, 11) is 1.67. The van der Waals surface area contributed by atoms with Crippen molar-refractivity contribution in [2.45, 2.75) is 63.0 Å². The largest absolute Gasteiger partial charge is 0.496 e. The highest BCUT2D eigenvalue weighted by molar-refractivity contribution is 5.86. The van der Waals surface area contributed by atoms with Gasteiger partial charge >= 0.3 is 0 Å². The molecule has 4 rings (SSSR count). The molecule has 6 nitrogen and oxygen atoms in total. The van der Waals surface area contributed by atoms with Crippen LogP contribution in [0.15, 0.2) is 18.3 Å². The summed E-state index contributed by atoms with van der Waals surface area (Å²) in [6, 6.07) is 4.37. The summed E-state index contributed by atoms with van der Waals surface area (Å²) < 4.78 is 11.1. The van der Waals surface area contributed by atoms with E-state index in [9.17, 15) is 9.90 Å². The second-order valence-corrected chi connectivity index (χ2v) is 8.00. The van der Waals surface area contributed by atoms with Gasteiger partial charge in [-0.05, 0) is 67.7 Å². The Morgan fingerprint density at radius 1 is 1.32 bits per heavy atom. The average Bonchev–Trinajstić information content (AvgIpc) is 3.38. The van der Waals surface area contributed by atoms with E-state index >= 15 is 0 Å². The summed E-state index contributed by atoms with van der Waals surface area (Å²) in [6.07, 6.45) is 8.43. The summed E-state index contributed by atoms with van der Waals surface area (Å²) in [5.41, 5.74) is 3.38. The van der Waals surface area contributed by atoms with Gasteiger partial charge in [0.1, 0.15) is 11.9 Å². The molecule has 1 aliphatic carbocycles. The topological polar surface area (TPSA) is 83.6 Å². The molecule has 1 amide bonds. The predicted molar refractivity (Wildman–Crippen MR) is 108 cm³/mol. The minimum absolute atomic E-state index is 0.0531. The normalized spacial score (nSPS) is 25.1. The molecule has 0 bridgehead atoms. The molecule has 0 spiro atoms. The number of H-pyrrole nitrogens is 1. The van der Waals surface area contributed by atoms with Gasteiger partial charge in [0, 0.05) is 36.4 Å². The number of ether oxygens (including phenoxy) is 2. The highest BCUT2D eigenvalue weighted by Crippen LogP contribution is 2.38. The molecule has 1 unspecified atom stereocenters. The van der Waals surface area contributed by atoms with Crippen LogP contribution in [-0.2, 0) is 16.0 Å². The highest BCUT2D eigenvalue weighted by atomic mass is 16.5. The molecule has 3 N–H and O–H groups in total. The second-order valence-electron chi connectivity index (χ2n) is 8.00. The molecule has 1 aliphatic heterocycles. The van der Waals surface area contributed by atoms with Crippen molar-refractivity contribution in [2.75, 3.05) is 20.3 Å². The third kappa shape index (κ3) is 3.89. The molecule has 1 aromatic heterocycles. The molecule has 28 heavy (non-hydrogen) atoms. The highest BCUT2D eigenvalue weighted by Gasteiger charge is 2.30. The molecule has 2 fully saturated rings. The number of methoxy groups -OCH3 is 1. The molecule has 2 aromatic rings. The van der Waals surface area contributed by atoms with E-state index in [4.69, 9.17) is 9.47 Å². The molecular weight excluding hydrogens is 356 g/mol. The first-order valence-electron chi connectivity index (χ1n) is 10.4. The van der Waals surface area contributed by atoms with Crippen molar-refractivity contribution < 1.29 is 19.4 Å². The standard InChI is InChI=1S/C22H30N2O4/c1-27-21-12-17-18(13-23-19(17)11-15(21)7-8-25)14-4-2-5-16(10-14)24-22(26)20-6-3-9-28-20/h11-14,16,20,23,25H,2-10H2,1H3,(H,24,26)/t14-,16?,20+/m1/s1. The summed E-state index contributed by atoms with van der Waals surface area (Å²) in [6.45, 7) is 0.797. The van der Waals surface area contributed by atoms with Gasteiger partial charge in [0.05, 0.1) is 7.11 Å². The molecular formula is C22H30N2O4. The lowest BCUT2D eigenvalue weighted by molar-refractivity contribution is -0.131. The van der Waals surface area contributed by atoms with Crippen molar-refractivity contribution in [3.8, 4) is 5.75 Å². The molecule has 0 radical (unpaired) electrons. The van der Waals surface area contributed by atoms with Gasteiger partial charge in [-0.15, -0.1) is 0 Å². The van der Waals surface area contributed by atoms with Crippen LogP contribution in [0.1, 0.15) is 55.6 Å². The Kier molecular flexibility index (Phi) is 5.87. The van der Waals surface area contributed by atoms with Crippen LogP contribution in [0.25, 0.3) is 10.9 Å². The molecule has 3 atom stereocenters. The first kappa shape index (κ1) is 19.3. The fourth-order valence-electron chi connectivity index (χ4n) is 4.74. The maximum atomic E-state index is 12.4. The minimum atomic E-state index is -0.261. The SMILES string of the molecule is COc1cc2c([C@@H]3CCCC(NC(=O)[C@@H]4CCCO4)C3)c[nH]c2cc1CCO. The molecule has 2 heterocycles. The average molecular weight is 386 g/mol. The van der Waals surface area contributed by atoms with Crippen LogP contribution in [0, 0.1) is 0 Å². The fourth-order valence-corrected chi connectivity index (χ4v) is 4.74. The van der Waals surface area contributed by atoms with Crippen molar-refractivity contribution >= 4 is 16.8 Å². The Balaban J connectivity index is 1.51. The Labute approximate surface area is 165 Å². The van der Waals surface area contributed by atoms with Crippen LogP contribution < -0.4 is 10.1 Å². The minimum Gasteiger partial charge on any atom is -0.496 e. The van der Waals surface area contributed by atoms with Crippen LogP contribution in [0.4, 0.5) is 0 Å². The number of carbonyl (C=O) groups excluding carboxylic acids is 1. The van der Waals surface area contributed by atoms with E-state index in [1.54, 1.807) is 7.11 Å².